The highest BCUT2D eigenvalue weighted by molar-refractivity contribution is 7.12. The number of thiazole rings is 1. The van der Waals surface area contributed by atoms with Gasteiger partial charge in [0.1, 0.15) is 5.01 Å². The van der Waals surface area contributed by atoms with Crippen LogP contribution in [0.5, 0.6) is 0 Å². The van der Waals surface area contributed by atoms with E-state index in [4.69, 9.17) is 10.7 Å². The fraction of sp³-hybridized carbons (Fsp3) is 0.125. The molecule has 0 saturated carbocycles. The summed E-state index contributed by atoms with van der Waals surface area (Å²) in [5.41, 5.74) is 9.49. The summed E-state index contributed by atoms with van der Waals surface area (Å²) in [7, 11) is 0. The zero-order valence-corrected chi connectivity index (χ0v) is 12.0. The Labute approximate surface area is 122 Å². The highest BCUT2D eigenvalue weighted by atomic mass is 32.1. The number of aromatic nitrogens is 2. The zero-order valence-electron chi connectivity index (χ0n) is 11.2. The number of benzene rings is 1. The lowest BCUT2D eigenvalue weighted by atomic mass is 10.1. The average molecular weight is 281 g/mol. The molecule has 4 heteroatoms. The molecule has 1 atom stereocenters. The Balaban J connectivity index is 1.97. The molecule has 100 valence electrons. The quantitative estimate of drug-likeness (QED) is 0.798. The minimum Gasteiger partial charge on any atom is -0.318 e. The highest BCUT2D eigenvalue weighted by Crippen LogP contribution is 2.31. The average Bonchev–Trinajstić information content (AvgIpc) is 2.90. The molecule has 0 radical (unpaired) electrons. The van der Waals surface area contributed by atoms with E-state index in [1.807, 2.05) is 30.3 Å². The van der Waals surface area contributed by atoms with E-state index in [9.17, 15) is 0 Å². The van der Waals surface area contributed by atoms with Crippen molar-refractivity contribution in [2.45, 2.75) is 13.0 Å². The minimum atomic E-state index is -0.195. The van der Waals surface area contributed by atoms with Crippen molar-refractivity contribution < 1.29 is 0 Å². The van der Waals surface area contributed by atoms with Crippen LogP contribution < -0.4 is 5.73 Å². The van der Waals surface area contributed by atoms with Gasteiger partial charge in [0, 0.05) is 22.8 Å². The first-order chi connectivity index (χ1) is 9.75. The smallest absolute Gasteiger partial charge is 0.115 e. The first-order valence-corrected chi connectivity index (χ1v) is 7.25. The molecule has 3 nitrogen and oxygen atoms in total. The maximum absolute atomic E-state index is 6.30. The van der Waals surface area contributed by atoms with Gasteiger partial charge in [-0.15, -0.1) is 11.3 Å². The van der Waals surface area contributed by atoms with Crippen LogP contribution in [0.4, 0.5) is 0 Å². The van der Waals surface area contributed by atoms with Crippen LogP contribution in [-0.2, 0) is 0 Å². The van der Waals surface area contributed by atoms with Crippen molar-refractivity contribution in [1.29, 1.82) is 0 Å². The third-order valence-electron chi connectivity index (χ3n) is 3.19. The molecule has 2 heterocycles. The van der Waals surface area contributed by atoms with Crippen LogP contribution in [0.15, 0.2) is 54.9 Å². The van der Waals surface area contributed by atoms with E-state index in [1.54, 1.807) is 23.7 Å². The van der Waals surface area contributed by atoms with E-state index in [0.717, 1.165) is 21.8 Å². The van der Waals surface area contributed by atoms with Crippen molar-refractivity contribution in [2.24, 2.45) is 5.73 Å². The minimum absolute atomic E-state index is 0.195. The molecule has 2 N–H and O–H groups in total. The number of hydrogen-bond acceptors (Lipinski definition) is 4. The van der Waals surface area contributed by atoms with Crippen LogP contribution in [0, 0.1) is 6.92 Å². The summed E-state index contributed by atoms with van der Waals surface area (Å²) in [5.74, 6) is 0. The number of pyridine rings is 1. The predicted octanol–water partition coefficient (Wildman–Crippen LogP) is 3.56. The van der Waals surface area contributed by atoms with Gasteiger partial charge in [-0.2, -0.15) is 0 Å². The Kier molecular flexibility index (Phi) is 3.58. The van der Waals surface area contributed by atoms with Crippen molar-refractivity contribution in [3.05, 3.63) is 70.3 Å². The van der Waals surface area contributed by atoms with E-state index in [0.29, 0.717) is 0 Å². The van der Waals surface area contributed by atoms with Crippen LogP contribution in [0.1, 0.15) is 21.5 Å². The molecule has 0 bridgehead atoms. The summed E-state index contributed by atoms with van der Waals surface area (Å²) in [4.78, 5) is 9.94. The summed E-state index contributed by atoms with van der Waals surface area (Å²) in [6.07, 6.45) is 3.52. The lowest BCUT2D eigenvalue weighted by molar-refractivity contribution is 0.855. The second kappa shape index (κ2) is 5.53. The lowest BCUT2D eigenvalue weighted by Gasteiger charge is -2.07. The number of nitrogens with two attached hydrogens (primary N) is 1. The second-order valence-electron chi connectivity index (χ2n) is 4.58. The van der Waals surface area contributed by atoms with Crippen LogP contribution in [0.25, 0.3) is 11.3 Å². The summed E-state index contributed by atoms with van der Waals surface area (Å²) in [6.45, 7) is 2.09. The summed E-state index contributed by atoms with van der Waals surface area (Å²) < 4.78 is 0. The van der Waals surface area contributed by atoms with Gasteiger partial charge in [0.15, 0.2) is 0 Å². The molecule has 0 spiro atoms. The predicted molar refractivity (Wildman–Crippen MR) is 82.6 cm³/mol. The molecule has 0 saturated heterocycles. The van der Waals surface area contributed by atoms with Gasteiger partial charge in [0.25, 0.3) is 0 Å². The molecule has 1 unspecified atom stereocenters. The molecule has 3 rings (SSSR count). The third kappa shape index (κ3) is 2.48. The first kappa shape index (κ1) is 13.0. The SMILES string of the molecule is Cc1sc(C(N)c2ccncc2)nc1-c1ccccc1. The highest BCUT2D eigenvalue weighted by Gasteiger charge is 2.16. The number of aryl methyl sites for hydroxylation is 1. The van der Waals surface area contributed by atoms with Crippen LogP contribution >= 0.6 is 11.3 Å². The molecule has 0 aliphatic rings. The Morgan fingerprint density at radius 2 is 1.75 bits per heavy atom. The largest absolute Gasteiger partial charge is 0.318 e. The molecule has 0 amide bonds. The monoisotopic (exact) mass is 281 g/mol. The van der Waals surface area contributed by atoms with Gasteiger partial charge in [0.05, 0.1) is 11.7 Å². The second-order valence-corrected chi connectivity index (χ2v) is 5.82. The summed E-state index contributed by atoms with van der Waals surface area (Å²) in [5, 5.41) is 0.938. The Bertz CT molecular complexity index is 692. The van der Waals surface area contributed by atoms with Crippen molar-refractivity contribution in [3.63, 3.8) is 0 Å². The first-order valence-electron chi connectivity index (χ1n) is 6.44. The standard InChI is InChI=1S/C16H15N3S/c1-11-15(13-5-3-2-4-6-13)19-16(20-11)14(17)12-7-9-18-10-8-12/h2-10,14H,17H2,1H3. The lowest BCUT2D eigenvalue weighted by Crippen LogP contribution is -2.11. The molecular weight excluding hydrogens is 266 g/mol. The molecule has 0 fully saturated rings. The van der Waals surface area contributed by atoms with Gasteiger partial charge < -0.3 is 5.73 Å². The number of nitrogens with zero attached hydrogens (tertiary/aromatic N) is 2. The van der Waals surface area contributed by atoms with Crippen molar-refractivity contribution in [1.82, 2.24) is 9.97 Å². The van der Waals surface area contributed by atoms with E-state index in [-0.39, 0.29) is 6.04 Å². The van der Waals surface area contributed by atoms with Crippen LogP contribution in [0.2, 0.25) is 0 Å². The van der Waals surface area contributed by atoms with Crippen molar-refractivity contribution in [2.75, 3.05) is 0 Å². The fourth-order valence-corrected chi connectivity index (χ4v) is 3.10. The molecule has 0 aliphatic carbocycles. The van der Waals surface area contributed by atoms with Gasteiger partial charge in [-0.05, 0) is 24.6 Å². The molecule has 2 aromatic heterocycles. The van der Waals surface area contributed by atoms with Gasteiger partial charge >= 0.3 is 0 Å². The topological polar surface area (TPSA) is 51.8 Å². The molecular formula is C16H15N3S. The Hall–Kier alpha value is -2.04. The van der Waals surface area contributed by atoms with E-state index < -0.39 is 0 Å². The van der Waals surface area contributed by atoms with E-state index in [1.165, 1.54) is 4.88 Å². The molecule has 3 aromatic rings. The van der Waals surface area contributed by atoms with Gasteiger partial charge in [-0.1, -0.05) is 30.3 Å². The van der Waals surface area contributed by atoms with E-state index in [2.05, 4.69) is 24.0 Å². The molecule has 20 heavy (non-hydrogen) atoms. The maximum Gasteiger partial charge on any atom is 0.115 e. The van der Waals surface area contributed by atoms with Gasteiger partial charge in [0.2, 0.25) is 0 Å². The van der Waals surface area contributed by atoms with Gasteiger partial charge in [-0.25, -0.2) is 4.98 Å². The van der Waals surface area contributed by atoms with E-state index >= 15 is 0 Å². The molecule has 1 aromatic carbocycles. The van der Waals surface area contributed by atoms with Crippen LogP contribution in [0.3, 0.4) is 0 Å². The van der Waals surface area contributed by atoms with Crippen molar-refractivity contribution in [3.8, 4) is 11.3 Å². The Morgan fingerprint density at radius 1 is 1.05 bits per heavy atom. The Morgan fingerprint density at radius 3 is 2.45 bits per heavy atom. The van der Waals surface area contributed by atoms with Crippen LogP contribution in [-0.4, -0.2) is 9.97 Å². The maximum atomic E-state index is 6.30. The van der Waals surface area contributed by atoms with Gasteiger partial charge in [-0.3, -0.25) is 4.98 Å². The van der Waals surface area contributed by atoms with Crippen molar-refractivity contribution >= 4 is 11.3 Å². The normalized spacial score (nSPS) is 12.3. The molecule has 0 aliphatic heterocycles. The number of hydrogen-bond donors (Lipinski definition) is 1. The zero-order chi connectivity index (χ0) is 13.9. The third-order valence-corrected chi connectivity index (χ3v) is 4.25. The summed E-state index contributed by atoms with van der Waals surface area (Å²) >= 11 is 1.66. The fourth-order valence-electron chi connectivity index (χ4n) is 2.13. The number of rotatable bonds is 3. The summed E-state index contributed by atoms with van der Waals surface area (Å²) in [6, 6.07) is 13.9.